The standard InChI is InChI=1S/C25H40O4.Na/c1-17(2)7-6-8-18(3)13-21(26)11-12-22-23-15-19(9-4-5-10-25(28)29)14-20(23)16-24(22)27;/h7,9,11-12,18,20-24,26-27H,4-6,8,10,13-16H2,1-3H3,(H,28,29);/q;+1/p-1/b12-11+,19-9+;/t18-,20+,21-,22-,23+,24-;/m1./s1. The zero-order chi connectivity index (χ0) is 21.4. The van der Waals surface area contributed by atoms with E-state index < -0.39 is 12.1 Å². The number of allylic oxidation sites excluding steroid dienone is 4. The number of unbranched alkanes of at least 4 members (excludes halogenated alkanes) is 1. The number of hydrogen-bond donors (Lipinski definition) is 2. The van der Waals surface area contributed by atoms with E-state index in [0.29, 0.717) is 24.2 Å². The average molecular weight is 427 g/mol. The van der Waals surface area contributed by atoms with Crippen LogP contribution in [0.3, 0.4) is 0 Å². The molecule has 0 saturated heterocycles. The van der Waals surface area contributed by atoms with Crippen molar-refractivity contribution >= 4 is 5.97 Å². The third-order valence-electron chi connectivity index (χ3n) is 6.54. The van der Waals surface area contributed by atoms with Crippen molar-refractivity contribution in [3.8, 4) is 0 Å². The molecule has 2 rings (SSSR count). The van der Waals surface area contributed by atoms with E-state index in [1.807, 2.05) is 6.08 Å². The second kappa shape index (κ2) is 13.9. The van der Waals surface area contributed by atoms with Crippen LogP contribution in [0.4, 0.5) is 0 Å². The van der Waals surface area contributed by atoms with Gasteiger partial charge in [-0.3, -0.25) is 0 Å². The van der Waals surface area contributed by atoms with Crippen molar-refractivity contribution in [3.05, 3.63) is 35.5 Å². The van der Waals surface area contributed by atoms with Gasteiger partial charge in [-0.15, -0.1) is 0 Å². The van der Waals surface area contributed by atoms with Gasteiger partial charge in [0.15, 0.2) is 0 Å². The summed E-state index contributed by atoms with van der Waals surface area (Å²) in [6.07, 6.45) is 14.9. The molecule has 0 aromatic rings. The van der Waals surface area contributed by atoms with Crippen molar-refractivity contribution in [1.82, 2.24) is 0 Å². The molecule has 0 aliphatic heterocycles. The van der Waals surface area contributed by atoms with Gasteiger partial charge in [0.25, 0.3) is 0 Å². The van der Waals surface area contributed by atoms with Crippen molar-refractivity contribution in [3.63, 3.8) is 0 Å². The maximum atomic E-state index is 10.5. The molecule has 0 heterocycles. The molecule has 2 aliphatic rings. The summed E-state index contributed by atoms with van der Waals surface area (Å²) in [5, 5.41) is 31.4. The maximum absolute atomic E-state index is 10.5. The van der Waals surface area contributed by atoms with Crippen LogP contribution in [-0.4, -0.2) is 28.4 Å². The first-order chi connectivity index (χ1) is 13.8. The Morgan fingerprint density at radius 1 is 1.27 bits per heavy atom. The Bertz CT molecular complexity index is 621. The summed E-state index contributed by atoms with van der Waals surface area (Å²) in [7, 11) is 0. The molecule has 0 bridgehead atoms. The van der Waals surface area contributed by atoms with E-state index in [1.54, 1.807) is 0 Å². The summed E-state index contributed by atoms with van der Waals surface area (Å²) in [6, 6.07) is 0. The molecule has 4 nitrogen and oxygen atoms in total. The fraction of sp³-hybridized carbons (Fsp3) is 0.720. The SMILES string of the molecule is CC(C)=CCC[C@@H](C)C[C@H](O)/C=C/[C@@H]1[C@H]2C/C(=C/CCCC(=O)[O-])C[C@H]2C[C@H]1O.[Na+]. The molecule has 0 amide bonds. The first-order valence-corrected chi connectivity index (χ1v) is 11.3. The van der Waals surface area contributed by atoms with Crippen LogP contribution < -0.4 is 34.7 Å². The number of hydrogen-bond acceptors (Lipinski definition) is 4. The third-order valence-corrected chi connectivity index (χ3v) is 6.54. The monoisotopic (exact) mass is 426 g/mol. The Labute approximate surface area is 204 Å². The Morgan fingerprint density at radius 3 is 2.67 bits per heavy atom. The van der Waals surface area contributed by atoms with E-state index in [9.17, 15) is 20.1 Å². The molecule has 5 heteroatoms. The Morgan fingerprint density at radius 2 is 2.00 bits per heavy atom. The fourth-order valence-corrected chi connectivity index (χ4v) is 5.01. The molecule has 6 atom stereocenters. The molecule has 0 unspecified atom stereocenters. The quantitative estimate of drug-likeness (QED) is 0.293. The second-order valence-corrected chi connectivity index (χ2v) is 9.49. The number of aliphatic hydroxyl groups excluding tert-OH is 2. The molecular formula is C25H39NaO4. The fourth-order valence-electron chi connectivity index (χ4n) is 5.01. The van der Waals surface area contributed by atoms with Crippen LogP contribution in [0.2, 0.25) is 0 Å². The summed E-state index contributed by atoms with van der Waals surface area (Å²) in [4.78, 5) is 10.5. The minimum Gasteiger partial charge on any atom is -0.550 e. The molecule has 0 aromatic carbocycles. The number of aliphatic carboxylic acids is 1. The molecule has 2 fully saturated rings. The van der Waals surface area contributed by atoms with Gasteiger partial charge in [-0.05, 0) is 89.4 Å². The van der Waals surface area contributed by atoms with Crippen LogP contribution in [0.5, 0.6) is 0 Å². The smallest absolute Gasteiger partial charge is 0.550 e. The first-order valence-electron chi connectivity index (χ1n) is 11.3. The van der Waals surface area contributed by atoms with Crippen LogP contribution in [-0.2, 0) is 4.79 Å². The van der Waals surface area contributed by atoms with Crippen LogP contribution in [0.15, 0.2) is 35.5 Å². The Kier molecular flexibility index (Phi) is 12.8. The van der Waals surface area contributed by atoms with Gasteiger partial charge < -0.3 is 20.1 Å². The second-order valence-electron chi connectivity index (χ2n) is 9.49. The predicted octanol–water partition coefficient (Wildman–Crippen LogP) is 0.934. The Balaban J connectivity index is 0.00000450. The normalized spacial score (nSPS) is 28.9. The molecule has 2 saturated carbocycles. The summed E-state index contributed by atoms with van der Waals surface area (Å²) in [5.74, 6) is 0.547. The van der Waals surface area contributed by atoms with Gasteiger partial charge in [0, 0.05) is 11.9 Å². The van der Waals surface area contributed by atoms with Gasteiger partial charge in [0.2, 0.25) is 0 Å². The topological polar surface area (TPSA) is 80.6 Å². The Hall–Kier alpha value is -0.390. The van der Waals surface area contributed by atoms with Crippen molar-refractivity contribution < 1.29 is 49.7 Å². The molecule has 164 valence electrons. The number of fused-ring (bicyclic) bond motifs is 1. The van der Waals surface area contributed by atoms with E-state index >= 15 is 0 Å². The summed E-state index contributed by atoms with van der Waals surface area (Å²) in [5.41, 5.74) is 2.74. The van der Waals surface area contributed by atoms with Crippen LogP contribution in [0.1, 0.15) is 78.6 Å². The molecular weight excluding hydrogens is 387 g/mol. The van der Waals surface area contributed by atoms with Crippen LogP contribution in [0.25, 0.3) is 0 Å². The molecule has 0 aromatic heterocycles. The number of carboxylic acids is 1. The number of carboxylic acid groups (broad SMARTS) is 1. The molecule has 0 radical (unpaired) electrons. The summed E-state index contributed by atoms with van der Waals surface area (Å²) < 4.78 is 0. The summed E-state index contributed by atoms with van der Waals surface area (Å²) >= 11 is 0. The molecule has 0 spiro atoms. The van der Waals surface area contributed by atoms with Crippen LogP contribution >= 0.6 is 0 Å². The largest absolute Gasteiger partial charge is 1.00 e. The summed E-state index contributed by atoms with van der Waals surface area (Å²) in [6.45, 7) is 6.41. The van der Waals surface area contributed by atoms with Gasteiger partial charge >= 0.3 is 29.6 Å². The van der Waals surface area contributed by atoms with E-state index in [-0.39, 0.29) is 48.0 Å². The molecule has 2 N–H and O–H groups in total. The van der Waals surface area contributed by atoms with E-state index in [4.69, 9.17) is 0 Å². The minimum atomic E-state index is -0.982. The zero-order valence-corrected chi connectivity index (χ0v) is 21.3. The van der Waals surface area contributed by atoms with Crippen molar-refractivity contribution in [2.24, 2.45) is 23.7 Å². The number of carbonyl (C=O) groups excluding carboxylic acids is 1. The van der Waals surface area contributed by atoms with Gasteiger partial charge in [-0.1, -0.05) is 42.4 Å². The average Bonchev–Trinajstić information content (AvgIpc) is 3.13. The maximum Gasteiger partial charge on any atom is 1.00 e. The number of carbonyl (C=O) groups is 1. The van der Waals surface area contributed by atoms with E-state index in [2.05, 4.69) is 39.0 Å². The van der Waals surface area contributed by atoms with E-state index in [1.165, 1.54) is 11.1 Å². The van der Waals surface area contributed by atoms with Gasteiger partial charge in [0.05, 0.1) is 12.2 Å². The minimum absolute atomic E-state index is 0. The van der Waals surface area contributed by atoms with Crippen molar-refractivity contribution in [1.29, 1.82) is 0 Å². The molecule has 30 heavy (non-hydrogen) atoms. The zero-order valence-electron chi connectivity index (χ0n) is 19.3. The third kappa shape index (κ3) is 9.40. The van der Waals surface area contributed by atoms with Gasteiger partial charge in [-0.25, -0.2) is 0 Å². The number of aliphatic hydroxyl groups is 2. The molecule has 2 aliphatic carbocycles. The predicted molar refractivity (Wildman–Crippen MR) is 115 cm³/mol. The van der Waals surface area contributed by atoms with Gasteiger partial charge in [-0.2, -0.15) is 0 Å². The van der Waals surface area contributed by atoms with Crippen LogP contribution in [0, 0.1) is 23.7 Å². The van der Waals surface area contributed by atoms with E-state index in [0.717, 1.165) is 44.9 Å². The van der Waals surface area contributed by atoms with Crippen molar-refractivity contribution in [2.75, 3.05) is 0 Å². The van der Waals surface area contributed by atoms with Crippen molar-refractivity contribution in [2.45, 2.75) is 90.8 Å². The number of rotatable bonds is 11. The van der Waals surface area contributed by atoms with Gasteiger partial charge in [0.1, 0.15) is 0 Å². The first kappa shape index (κ1) is 27.6.